The van der Waals surface area contributed by atoms with E-state index in [2.05, 4.69) is 0 Å². The van der Waals surface area contributed by atoms with Gasteiger partial charge in [-0.1, -0.05) is 12.1 Å². The highest BCUT2D eigenvalue weighted by Gasteiger charge is 2.18. The number of aliphatic carboxylic acids is 1. The summed E-state index contributed by atoms with van der Waals surface area (Å²) in [6, 6.07) is 9.46. The summed E-state index contributed by atoms with van der Waals surface area (Å²) in [6.45, 7) is 0. The minimum Gasteiger partial charge on any atom is -0.496 e. The van der Waals surface area contributed by atoms with E-state index in [-0.39, 0.29) is 23.2 Å². The second kappa shape index (κ2) is 7.41. The lowest BCUT2D eigenvalue weighted by molar-refractivity contribution is -0.136. The Bertz CT molecular complexity index is 1070. The molecule has 0 bridgehead atoms. The van der Waals surface area contributed by atoms with Crippen molar-refractivity contribution in [1.82, 2.24) is 0 Å². The number of ether oxygens (including phenoxy) is 3. The Morgan fingerprint density at radius 1 is 1.00 bits per heavy atom. The zero-order valence-corrected chi connectivity index (χ0v) is 15.1. The fraction of sp³-hybridized carbons (Fsp3) is 0.200. The second-order valence-corrected chi connectivity index (χ2v) is 5.75. The van der Waals surface area contributed by atoms with E-state index in [1.165, 1.54) is 27.4 Å². The van der Waals surface area contributed by atoms with Gasteiger partial charge >= 0.3 is 5.97 Å². The van der Waals surface area contributed by atoms with Gasteiger partial charge in [0.1, 0.15) is 17.1 Å². The maximum atomic E-state index is 12.6. The summed E-state index contributed by atoms with van der Waals surface area (Å²) < 4.78 is 21.9. The largest absolute Gasteiger partial charge is 0.496 e. The van der Waals surface area contributed by atoms with E-state index < -0.39 is 5.97 Å². The first-order chi connectivity index (χ1) is 13.0. The van der Waals surface area contributed by atoms with Gasteiger partial charge in [0, 0.05) is 17.7 Å². The zero-order valence-electron chi connectivity index (χ0n) is 15.1. The Hall–Kier alpha value is -3.48. The molecule has 0 aliphatic carbocycles. The van der Waals surface area contributed by atoms with Crippen LogP contribution < -0.4 is 19.6 Å². The number of carboxylic acids is 1. The lowest BCUT2D eigenvalue weighted by Crippen LogP contribution is -2.05. The molecule has 140 valence electrons. The number of fused-ring (bicyclic) bond motifs is 1. The lowest BCUT2D eigenvalue weighted by Gasteiger charge is -2.14. The van der Waals surface area contributed by atoms with Crippen molar-refractivity contribution in [2.24, 2.45) is 0 Å². The molecule has 0 spiro atoms. The number of carboxylic acid groups (broad SMARTS) is 1. The average Bonchev–Trinajstić information content (AvgIpc) is 2.66. The maximum Gasteiger partial charge on any atom is 0.307 e. The van der Waals surface area contributed by atoms with Gasteiger partial charge in [0.15, 0.2) is 16.9 Å². The Morgan fingerprint density at radius 3 is 2.30 bits per heavy atom. The Balaban J connectivity index is 2.29. The Kier molecular flexibility index (Phi) is 5.03. The fourth-order valence-electron chi connectivity index (χ4n) is 2.89. The van der Waals surface area contributed by atoms with Crippen molar-refractivity contribution in [2.75, 3.05) is 21.3 Å². The fourth-order valence-corrected chi connectivity index (χ4v) is 2.89. The highest BCUT2D eigenvalue weighted by atomic mass is 16.5. The van der Waals surface area contributed by atoms with E-state index in [1.807, 2.05) is 0 Å². The summed E-state index contributed by atoms with van der Waals surface area (Å²) in [6.07, 6.45) is -0.257. The van der Waals surface area contributed by atoms with Gasteiger partial charge in [-0.05, 0) is 12.1 Å². The summed E-state index contributed by atoms with van der Waals surface area (Å²) in [4.78, 5) is 23.7. The van der Waals surface area contributed by atoms with E-state index >= 15 is 0 Å². The van der Waals surface area contributed by atoms with Crippen LogP contribution in [0.4, 0.5) is 0 Å². The molecule has 7 heteroatoms. The molecule has 3 aromatic rings. The molecule has 27 heavy (non-hydrogen) atoms. The summed E-state index contributed by atoms with van der Waals surface area (Å²) in [7, 11) is 4.49. The first-order valence-electron chi connectivity index (χ1n) is 8.06. The van der Waals surface area contributed by atoms with Gasteiger partial charge in [0.25, 0.3) is 0 Å². The van der Waals surface area contributed by atoms with E-state index in [9.17, 15) is 9.59 Å². The van der Waals surface area contributed by atoms with Crippen LogP contribution in [0.25, 0.3) is 22.3 Å². The van der Waals surface area contributed by atoms with Crippen molar-refractivity contribution in [3.05, 3.63) is 52.2 Å². The van der Waals surface area contributed by atoms with Crippen LogP contribution in [0.3, 0.4) is 0 Å². The van der Waals surface area contributed by atoms with Gasteiger partial charge in [-0.15, -0.1) is 0 Å². The smallest absolute Gasteiger partial charge is 0.307 e. The topological polar surface area (TPSA) is 95.2 Å². The van der Waals surface area contributed by atoms with Crippen LogP contribution in [0, 0.1) is 0 Å². The predicted molar refractivity (Wildman–Crippen MR) is 98.9 cm³/mol. The van der Waals surface area contributed by atoms with Crippen LogP contribution in [0.15, 0.2) is 45.6 Å². The third-order valence-corrected chi connectivity index (χ3v) is 4.15. The van der Waals surface area contributed by atoms with Crippen LogP contribution in [0.2, 0.25) is 0 Å². The van der Waals surface area contributed by atoms with Crippen molar-refractivity contribution in [2.45, 2.75) is 6.42 Å². The van der Waals surface area contributed by atoms with Crippen molar-refractivity contribution in [1.29, 1.82) is 0 Å². The van der Waals surface area contributed by atoms with Gasteiger partial charge in [-0.2, -0.15) is 0 Å². The third kappa shape index (κ3) is 3.44. The summed E-state index contributed by atoms with van der Waals surface area (Å²) in [5.74, 6) is 0.552. The lowest BCUT2D eigenvalue weighted by atomic mass is 10.1. The van der Waals surface area contributed by atoms with Crippen molar-refractivity contribution in [3.63, 3.8) is 0 Å². The van der Waals surface area contributed by atoms with E-state index in [0.29, 0.717) is 33.8 Å². The summed E-state index contributed by atoms with van der Waals surface area (Å²) in [5.41, 5.74) is 0.854. The average molecular weight is 370 g/mol. The van der Waals surface area contributed by atoms with E-state index in [4.69, 9.17) is 23.7 Å². The third-order valence-electron chi connectivity index (χ3n) is 4.15. The quantitative estimate of drug-likeness (QED) is 0.712. The number of hydrogen-bond donors (Lipinski definition) is 1. The first kappa shape index (κ1) is 18.3. The molecule has 1 aromatic heterocycles. The molecule has 0 saturated heterocycles. The molecule has 0 fully saturated rings. The highest BCUT2D eigenvalue weighted by Crippen LogP contribution is 2.40. The number of benzene rings is 2. The monoisotopic (exact) mass is 370 g/mol. The van der Waals surface area contributed by atoms with Gasteiger partial charge in [-0.3, -0.25) is 9.59 Å². The highest BCUT2D eigenvalue weighted by molar-refractivity contribution is 5.85. The molecule has 3 rings (SSSR count). The minimum atomic E-state index is -1.01. The molecule has 1 N–H and O–H groups in total. The van der Waals surface area contributed by atoms with Gasteiger partial charge < -0.3 is 23.7 Å². The molecular weight excluding hydrogens is 352 g/mol. The summed E-state index contributed by atoms with van der Waals surface area (Å²) >= 11 is 0. The predicted octanol–water partition coefficient (Wildman–Crippen LogP) is 3.11. The molecule has 2 aromatic carbocycles. The number of carbonyl (C=O) groups is 1. The molecular formula is C20H18O7. The molecule has 0 unspecified atom stereocenters. The Labute approximate surface area is 154 Å². The van der Waals surface area contributed by atoms with E-state index in [0.717, 1.165) is 0 Å². The van der Waals surface area contributed by atoms with Crippen LogP contribution in [-0.4, -0.2) is 32.4 Å². The van der Waals surface area contributed by atoms with Crippen LogP contribution >= 0.6 is 0 Å². The van der Waals surface area contributed by atoms with Crippen molar-refractivity contribution >= 4 is 16.9 Å². The van der Waals surface area contributed by atoms with Crippen LogP contribution in [0.1, 0.15) is 5.56 Å². The number of para-hydroxylation sites is 1. The molecule has 0 aliphatic rings. The normalized spacial score (nSPS) is 10.6. The van der Waals surface area contributed by atoms with Gasteiger partial charge in [-0.25, -0.2) is 0 Å². The minimum absolute atomic E-state index is 0.235. The van der Waals surface area contributed by atoms with Gasteiger partial charge in [0.2, 0.25) is 0 Å². The Morgan fingerprint density at radius 2 is 1.67 bits per heavy atom. The summed E-state index contributed by atoms with van der Waals surface area (Å²) in [5, 5.41) is 9.44. The molecule has 0 saturated carbocycles. The number of hydrogen-bond acceptors (Lipinski definition) is 6. The molecule has 0 radical (unpaired) electrons. The second-order valence-electron chi connectivity index (χ2n) is 5.75. The molecule has 0 atom stereocenters. The van der Waals surface area contributed by atoms with Crippen molar-refractivity contribution in [3.8, 4) is 28.6 Å². The zero-order chi connectivity index (χ0) is 19.6. The number of rotatable bonds is 6. The first-order valence-corrected chi connectivity index (χ1v) is 8.06. The number of methoxy groups -OCH3 is 3. The van der Waals surface area contributed by atoms with Crippen LogP contribution in [-0.2, 0) is 11.2 Å². The van der Waals surface area contributed by atoms with Crippen LogP contribution in [0.5, 0.6) is 17.2 Å². The molecule has 0 aliphatic heterocycles. The SMILES string of the molecule is COc1cc(OC)c(-c2cc(=O)c3cccc(CC(=O)O)c3o2)cc1OC. The van der Waals surface area contributed by atoms with Crippen molar-refractivity contribution < 1.29 is 28.5 Å². The molecule has 1 heterocycles. The van der Waals surface area contributed by atoms with E-state index in [1.54, 1.807) is 30.3 Å². The maximum absolute atomic E-state index is 12.6. The molecule has 0 amide bonds. The molecule has 7 nitrogen and oxygen atoms in total. The standard InChI is InChI=1S/C20H18O7/c1-24-15-10-18(26-3)17(25-2)8-13(15)16-9-14(21)12-6-4-5-11(7-19(22)23)20(12)27-16/h4-6,8-10H,7H2,1-3H3,(H,22,23). The van der Waals surface area contributed by atoms with Gasteiger partial charge in [0.05, 0.1) is 38.7 Å².